The molecule has 3 N–H and O–H groups in total. The van der Waals surface area contributed by atoms with Crippen molar-refractivity contribution >= 4 is 29.0 Å². The highest BCUT2D eigenvalue weighted by Gasteiger charge is 2.04. The number of aliphatic hydroxyl groups is 1. The van der Waals surface area contributed by atoms with E-state index in [1.165, 1.54) is 0 Å². The van der Waals surface area contributed by atoms with Crippen molar-refractivity contribution in [1.82, 2.24) is 0 Å². The molecule has 0 radical (unpaired) electrons. The maximum absolute atomic E-state index is 8.64. The molecule has 0 aromatic carbocycles. The van der Waals surface area contributed by atoms with E-state index in [-0.39, 0.29) is 11.1 Å². The standard InChI is InChI=1S/C5H11NOS2/c1-9-3-2-4(6)5(7)8/h4H,2-3,6H2,1H3,(H,7,8). The van der Waals surface area contributed by atoms with Crippen LogP contribution in [0.1, 0.15) is 6.42 Å². The number of rotatable bonds is 4. The molecule has 0 aliphatic heterocycles. The molecule has 0 aromatic heterocycles. The zero-order valence-electron chi connectivity index (χ0n) is 5.33. The SMILES string of the molecule is CSCCC(N)C(O)=S. The van der Waals surface area contributed by atoms with Crippen LogP contribution in [0.3, 0.4) is 0 Å². The molecular weight excluding hydrogens is 154 g/mol. The highest BCUT2D eigenvalue weighted by Crippen LogP contribution is 1.98. The summed E-state index contributed by atoms with van der Waals surface area (Å²) < 4.78 is 0. The Morgan fingerprint density at radius 3 is 2.78 bits per heavy atom. The Balaban J connectivity index is 3.27. The van der Waals surface area contributed by atoms with Gasteiger partial charge < -0.3 is 10.8 Å². The van der Waals surface area contributed by atoms with Gasteiger partial charge in [-0.3, -0.25) is 0 Å². The van der Waals surface area contributed by atoms with Crippen LogP contribution in [0.5, 0.6) is 0 Å². The van der Waals surface area contributed by atoms with E-state index in [1.807, 2.05) is 6.26 Å². The van der Waals surface area contributed by atoms with Crippen LogP contribution in [0.15, 0.2) is 0 Å². The highest BCUT2D eigenvalue weighted by atomic mass is 32.2. The van der Waals surface area contributed by atoms with E-state index in [4.69, 9.17) is 10.8 Å². The van der Waals surface area contributed by atoms with Crippen molar-refractivity contribution in [2.24, 2.45) is 5.73 Å². The van der Waals surface area contributed by atoms with Crippen molar-refractivity contribution in [3.05, 3.63) is 0 Å². The smallest absolute Gasteiger partial charge is 0.173 e. The summed E-state index contributed by atoms with van der Waals surface area (Å²) in [6, 6.07) is -0.313. The van der Waals surface area contributed by atoms with E-state index in [0.29, 0.717) is 0 Å². The van der Waals surface area contributed by atoms with E-state index < -0.39 is 0 Å². The van der Waals surface area contributed by atoms with Gasteiger partial charge in [0.1, 0.15) is 0 Å². The molecule has 0 spiro atoms. The summed E-state index contributed by atoms with van der Waals surface area (Å²) in [5.74, 6) is 0.946. The van der Waals surface area contributed by atoms with Gasteiger partial charge in [0.25, 0.3) is 0 Å². The van der Waals surface area contributed by atoms with Crippen molar-refractivity contribution in [3.8, 4) is 0 Å². The van der Waals surface area contributed by atoms with Crippen molar-refractivity contribution in [2.45, 2.75) is 12.5 Å². The predicted molar refractivity (Wildman–Crippen MR) is 46.2 cm³/mol. The quantitative estimate of drug-likeness (QED) is 0.609. The molecule has 1 atom stereocenters. The number of hydrogen-bond donors (Lipinski definition) is 2. The molecule has 4 heteroatoms. The molecule has 1 unspecified atom stereocenters. The Hall–Kier alpha value is 0.200. The molecule has 0 saturated carbocycles. The molecule has 0 saturated heterocycles. The van der Waals surface area contributed by atoms with Crippen molar-refractivity contribution < 1.29 is 5.11 Å². The van der Waals surface area contributed by atoms with Gasteiger partial charge in [-0.1, -0.05) is 0 Å². The lowest BCUT2D eigenvalue weighted by Gasteiger charge is -2.05. The van der Waals surface area contributed by atoms with Crippen LogP contribution in [-0.4, -0.2) is 28.2 Å². The fourth-order valence-electron chi connectivity index (χ4n) is 0.368. The van der Waals surface area contributed by atoms with Gasteiger partial charge in [-0.05, 0) is 30.6 Å². The number of thioether (sulfide) groups is 1. The summed E-state index contributed by atoms with van der Waals surface area (Å²) in [5, 5.41) is 8.57. The van der Waals surface area contributed by atoms with Crippen LogP contribution in [0.2, 0.25) is 0 Å². The van der Waals surface area contributed by atoms with Crippen LogP contribution in [0.25, 0.3) is 0 Å². The third-order valence-corrected chi connectivity index (χ3v) is 1.90. The second-order valence-electron chi connectivity index (χ2n) is 1.73. The molecule has 9 heavy (non-hydrogen) atoms. The largest absolute Gasteiger partial charge is 0.501 e. The minimum atomic E-state index is -0.313. The Morgan fingerprint density at radius 2 is 2.44 bits per heavy atom. The van der Waals surface area contributed by atoms with Gasteiger partial charge in [-0.15, -0.1) is 0 Å². The second kappa shape index (κ2) is 5.02. The van der Waals surface area contributed by atoms with E-state index in [1.54, 1.807) is 11.8 Å². The zero-order chi connectivity index (χ0) is 7.28. The molecule has 0 aliphatic rings. The predicted octanol–water partition coefficient (Wildman–Crippen LogP) is 0.952. The van der Waals surface area contributed by atoms with Crippen molar-refractivity contribution in [3.63, 3.8) is 0 Å². The molecule has 2 nitrogen and oxygen atoms in total. The average molecular weight is 165 g/mol. The van der Waals surface area contributed by atoms with Gasteiger partial charge in [0.2, 0.25) is 0 Å². The van der Waals surface area contributed by atoms with Crippen molar-refractivity contribution in [2.75, 3.05) is 12.0 Å². The van der Waals surface area contributed by atoms with E-state index in [9.17, 15) is 0 Å². The first-order chi connectivity index (χ1) is 4.18. The van der Waals surface area contributed by atoms with Crippen LogP contribution >= 0.6 is 24.0 Å². The summed E-state index contributed by atoms with van der Waals surface area (Å²) in [6.07, 6.45) is 2.75. The van der Waals surface area contributed by atoms with Gasteiger partial charge in [-0.2, -0.15) is 11.8 Å². The molecule has 54 valence electrons. The third kappa shape index (κ3) is 4.69. The first-order valence-electron chi connectivity index (χ1n) is 2.65. The van der Waals surface area contributed by atoms with Crippen LogP contribution in [-0.2, 0) is 0 Å². The van der Waals surface area contributed by atoms with Gasteiger partial charge in [0, 0.05) is 0 Å². The molecule has 0 bridgehead atoms. The monoisotopic (exact) mass is 165 g/mol. The lowest BCUT2D eigenvalue weighted by molar-refractivity contribution is 0.527. The Bertz CT molecular complexity index is 97.0. The molecule has 0 rings (SSSR count). The number of thiocarbonyl (C=S) groups is 1. The fraction of sp³-hybridized carbons (Fsp3) is 0.800. The number of aliphatic hydroxyl groups excluding tert-OH is 1. The maximum atomic E-state index is 8.64. The first kappa shape index (κ1) is 9.20. The van der Waals surface area contributed by atoms with E-state index in [0.717, 1.165) is 12.2 Å². The Kier molecular flexibility index (Phi) is 5.13. The summed E-state index contributed by atoms with van der Waals surface area (Å²) in [7, 11) is 0. The normalized spacial score (nSPS) is 13.1. The third-order valence-electron chi connectivity index (χ3n) is 0.950. The van der Waals surface area contributed by atoms with Crippen LogP contribution in [0, 0.1) is 0 Å². The van der Waals surface area contributed by atoms with Gasteiger partial charge in [0.05, 0.1) is 6.04 Å². The first-order valence-corrected chi connectivity index (χ1v) is 4.46. The molecule has 0 amide bonds. The number of hydrogen-bond acceptors (Lipinski definition) is 3. The molecule has 0 aromatic rings. The molecule has 0 aliphatic carbocycles. The van der Waals surface area contributed by atoms with Crippen molar-refractivity contribution in [1.29, 1.82) is 0 Å². The average Bonchev–Trinajstić information content (AvgIpc) is 1.82. The van der Waals surface area contributed by atoms with Gasteiger partial charge >= 0.3 is 0 Å². The van der Waals surface area contributed by atoms with Gasteiger partial charge in [-0.25, -0.2) is 0 Å². The second-order valence-corrected chi connectivity index (χ2v) is 3.13. The zero-order valence-corrected chi connectivity index (χ0v) is 6.97. The topological polar surface area (TPSA) is 46.2 Å². The maximum Gasteiger partial charge on any atom is 0.173 e. The fourth-order valence-corrected chi connectivity index (χ4v) is 0.976. The molecule has 0 fully saturated rings. The highest BCUT2D eigenvalue weighted by molar-refractivity contribution is 7.98. The lowest BCUT2D eigenvalue weighted by Crippen LogP contribution is -2.29. The molecular formula is C5H11NOS2. The summed E-state index contributed by atoms with van der Waals surface area (Å²) >= 11 is 6.15. The summed E-state index contributed by atoms with van der Waals surface area (Å²) in [6.45, 7) is 0. The number of nitrogens with two attached hydrogens (primary N) is 1. The Morgan fingerprint density at radius 1 is 1.89 bits per heavy atom. The minimum absolute atomic E-state index is 0.0796. The summed E-state index contributed by atoms with van der Waals surface area (Å²) in [5.41, 5.74) is 5.40. The van der Waals surface area contributed by atoms with E-state index >= 15 is 0 Å². The van der Waals surface area contributed by atoms with Crippen LogP contribution in [0.4, 0.5) is 0 Å². The molecule has 0 heterocycles. The minimum Gasteiger partial charge on any atom is -0.501 e. The van der Waals surface area contributed by atoms with Gasteiger partial charge in [0.15, 0.2) is 5.05 Å². The summed E-state index contributed by atoms with van der Waals surface area (Å²) in [4.78, 5) is 0. The van der Waals surface area contributed by atoms with Crippen LogP contribution < -0.4 is 5.73 Å². The van der Waals surface area contributed by atoms with E-state index in [2.05, 4.69) is 12.2 Å². The lowest BCUT2D eigenvalue weighted by atomic mass is 10.3. The Labute approximate surface area is 64.8 Å².